The molecule has 1 amide bonds. The second-order valence-electron chi connectivity index (χ2n) is 3.09. The quantitative estimate of drug-likeness (QED) is 0.800. The van der Waals surface area contributed by atoms with E-state index in [-0.39, 0.29) is 5.56 Å². The highest BCUT2D eigenvalue weighted by atomic mass is 32.1. The van der Waals surface area contributed by atoms with Crippen molar-refractivity contribution in [1.82, 2.24) is 9.59 Å². The molecule has 5 nitrogen and oxygen atoms in total. The largest absolute Gasteiger partial charge is 0.394 e. The molecule has 1 aromatic heterocycles. The molecule has 0 saturated heterocycles. The molecular formula is C9H6F2N4OS. The first-order valence-electron chi connectivity index (χ1n) is 4.41. The third-order valence-corrected chi connectivity index (χ3v) is 2.52. The Labute approximate surface area is 98.4 Å². The van der Waals surface area contributed by atoms with Gasteiger partial charge in [-0.05, 0) is 12.1 Å². The van der Waals surface area contributed by atoms with Gasteiger partial charge >= 0.3 is 0 Å². The van der Waals surface area contributed by atoms with E-state index in [1.54, 1.807) is 0 Å². The maximum Gasteiger partial charge on any atom is 0.256 e. The van der Waals surface area contributed by atoms with Gasteiger partial charge in [-0.2, -0.15) is 0 Å². The Balaban J connectivity index is 2.26. The van der Waals surface area contributed by atoms with Crippen LogP contribution in [0.4, 0.5) is 19.5 Å². The van der Waals surface area contributed by atoms with Gasteiger partial charge in [0.15, 0.2) is 0 Å². The number of aromatic nitrogens is 2. The number of nitrogen functional groups attached to an aromatic ring is 1. The number of hydrogen-bond donors (Lipinski definition) is 2. The number of amides is 1. The zero-order valence-electron chi connectivity index (χ0n) is 8.28. The average Bonchev–Trinajstić information content (AvgIpc) is 2.77. The monoisotopic (exact) mass is 256 g/mol. The Morgan fingerprint density at radius 2 is 2.00 bits per heavy atom. The van der Waals surface area contributed by atoms with Gasteiger partial charge in [0, 0.05) is 17.1 Å². The van der Waals surface area contributed by atoms with Crippen LogP contribution in [0.3, 0.4) is 0 Å². The first-order valence-corrected chi connectivity index (χ1v) is 5.18. The summed E-state index contributed by atoms with van der Waals surface area (Å²) >= 11 is 0.952. The molecule has 0 aliphatic rings. The molecule has 0 aliphatic carbocycles. The highest BCUT2D eigenvalue weighted by Crippen LogP contribution is 2.18. The number of rotatable bonds is 2. The Morgan fingerprint density at radius 1 is 1.35 bits per heavy atom. The lowest BCUT2D eigenvalue weighted by atomic mass is 10.2. The first kappa shape index (κ1) is 11.4. The van der Waals surface area contributed by atoms with Crippen LogP contribution in [0.1, 0.15) is 10.4 Å². The fourth-order valence-corrected chi connectivity index (χ4v) is 1.54. The maximum absolute atomic E-state index is 13.1. The summed E-state index contributed by atoms with van der Waals surface area (Å²) in [5.41, 5.74) is 4.31. The van der Waals surface area contributed by atoms with Crippen LogP contribution in [0.2, 0.25) is 0 Å². The third-order valence-electron chi connectivity index (χ3n) is 1.94. The van der Waals surface area contributed by atoms with Crippen LogP contribution in [-0.2, 0) is 0 Å². The van der Waals surface area contributed by atoms with Crippen molar-refractivity contribution in [3.05, 3.63) is 35.5 Å². The normalized spacial score (nSPS) is 10.2. The molecule has 17 heavy (non-hydrogen) atoms. The number of nitrogens with two attached hydrogens (primary N) is 1. The molecule has 2 aromatic rings. The van der Waals surface area contributed by atoms with Crippen LogP contribution in [0.25, 0.3) is 0 Å². The second kappa shape index (κ2) is 4.42. The Morgan fingerprint density at radius 3 is 2.53 bits per heavy atom. The van der Waals surface area contributed by atoms with Crippen LogP contribution in [0.5, 0.6) is 0 Å². The molecule has 8 heteroatoms. The molecule has 3 N–H and O–H groups in total. The van der Waals surface area contributed by atoms with Crippen molar-refractivity contribution in [2.24, 2.45) is 0 Å². The average molecular weight is 256 g/mol. The minimum Gasteiger partial charge on any atom is -0.394 e. The van der Waals surface area contributed by atoms with Gasteiger partial charge in [-0.15, -0.1) is 5.10 Å². The van der Waals surface area contributed by atoms with Crippen molar-refractivity contribution in [2.45, 2.75) is 0 Å². The molecule has 0 radical (unpaired) electrons. The van der Waals surface area contributed by atoms with E-state index in [4.69, 9.17) is 5.73 Å². The molecule has 0 aliphatic heterocycles. The molecule has 0 saturated carbocycles. The number of carbonyl (C=O) groups excluding carboxylic acids is 1. The second-order valence-corrected chi connectivity index (χ2v) is 3.88. The van der Waals surface area contributed by atoms with E-state index in [0.29, 0.717) is 5.00 Å². The minimum atomic E-state index is -0.974. The van der Waals surface area contributed by atoms with Crippen LogP contribution < -0.4 is 11.1 Å². The zero-order chi connectivity index (χ0) is 12.4. The summed E-state index contributed by atoms with van der Waals surface area (Å²) in [6, 6.07) is 1.73. The van der Waals surface area contributed by atoms with Crippen LogP contribution in [0, 0.1) is 11.6 Å². The molecule has 2 rings (SSSR count). The number of nitrogens with one attached hydrogen (secondary N) is 1. The predicted molar refractivity (Wildman–Crippen MR) is 58.6 cm³/mol. The summed E-state index contributed by atoms with van der Waals surface area (Å²) < 4.78 is 29.8. The van der Waals surface area contributed by atoms with Gasteiger partial charge in [-0.1, -0.05) is 4.49 Å². The van der Waals surface area contributed by atoms with Crippen molar-refractivity contribution in [3.8, 4) is 0 Å². The molecule has 1 heterocycles. The number of hydrogen-bond acceptors (Lipinski definition) is 5. The standard InChI is InChI=1S/C9H6F2N4OS/c10-5-1-4(2-6(11)8(5)12)9(16)14-7-3-13-15-17-7/h1-3H,12H2,(H,14,16). The predicted octanol–water partition coefficient (Wildman–Crippen LogP) is 1.65. The van der Waals surface area contributed by atoms with Crippen LogP contribution >= 0.6 is 11.5 Å². The van der Waals surface area contributed by atoms with Gasteiger partial charge in [0.2, 0.25) is 0 Å². The zero-order valence-corrected chi connectivity index (χ0v) is 9.09. The fraction of sp³-hybridized carbons (Fsp3) is 0. The lowest BCUT2D eigenvalue weighted by molar-refractivity contribution is 0.102. The third kappa shape index (κ3) is 2.36. The molecule has 0 spiro atoms. The molecule has 0 bridgehead atoms. The lowest BCUT2D eigenvalue weighted by Crippen LogP contribution is -2.12. The van der Waals surface area contributed by atoms with E-state index < -0.39 is 23.2 Å². The van der Waals surface area contributed by atoms with Crippen molar-refractivity contribution < 1.29 is 13.6 Å². The number of nitrogens with zero attached hydrogens (tertiary/aromatic N) is 2. The summed E-state index contributed by atoms with van der Waals surface area (Å²) in [4.78, 5) is 11.6. The highest BCUT2D eigenvalue weighted by Gasteiger charge is 2.13. The topological polar surface area (TPSA) is 80.9 Å². The summed E-state index contributed by atoms with van der Waals surface area (Å²) in [5.74, 6) is -2.61. The van der Waals surface area contributed by atoms with Crippen LogP contribution in [-0.4, -0.2) is 15.5 Å². The number of halogens is 2. The van der Waals surface area contributed by atoms with Gasteiger partial charge in [0.1, 0.15) is 22.3 Å². The van der Waals surface area contributed by atoms with Crippen molar-refractivity contribution in [1.29, 1.82) is 0 Å². The van der Waals surface area contributed by atoms with Gasteiger partial charge in [-0.25, -0.2) is 8.78 Å². The molecule has 0 atom stereocenters. The van der Waals surface area contributed by atoms with E-state index in [1.807, 2.05) is 0 Å². The molecule has 88 valence electrons. The van der Waals surface area contributed by atoms with Crippen molar-refractivity contribution in [3.63, 3.8) is 0 Å². The van der Waals surface area contributed by atoms with Crippen molar-refractivity contribution in [2.75, 3.05) is 11.1 Å². The van der Waals surface area contributed by atoms with Crippen molar-refractivity contribution >= 4 is 28.1 Å². The van der Waals surface area contributed by atoms with E-state index in [1.165, 1.54) is 6.20 Å². The van der Waals surface area contributed by atoms with Gasteiger partial charge in [0.25, 0.3) is 5.91 Å². The summed E-state index contributed by atoms with van der Waals surface area (Å²) in [7, 11) is 0. The highest BCUT2D eigenvalue weighted by molar-refractivity contribution is 7.10. The van der Waals surface area contributed by atoms with E-state index in [9.17, 15) is 13.6 Å². The van der Waals surface area contributed by atoms with Crippen LogP contribution in [0.15, 0.2) is 18.3 Å². The summed E-state index contributed by atoms with van der Waals surface area (Å²) in [5, 5.41) is 6.28. The smallest absolute Gasteiger partial charge is 0.256 e. The SMILES string of the molecule is Nc1c(F)cc(C(=O)Nc2cnns2)cc1F. The van der Waals surface area contributed by atoms with E-state index in [0.717, 1.165) is 23.7 Å². The summed E-state index contributed by atoms with van der Waals surface area (Å²) in [6.07, 6.45) is 1.33. The first-order chi connectivity index (χ1) is 8.08. The van der Waals surface area contributed by atoms with Gasteiger partial charge < -0.3 is 11.1 Å². The van der Waals surface area contributed by atoms with E-state index in [2.05, 4.69) is 14.9 Å². The number of carbonyl (C=O) groups is 1. The lowest BCUT2D eigenvalue weighted by Gasteiger charge is -2.04. The Bertz CT molecular complexity index is 535. The van der Waals surface area contributed by atoms with Gasteiger partial charge in [-0.3, -0.25) is 4.79 Å². The molecule has 1 aromatic carbocycles. The molecule has 0 unspecified atom stereocenters. The summed E-state index contributed by atoms with van der Waals surface area (Å²) in [6.45, 7) is 0. The molecular weight excluding hydrogens is 250 g/mol. The Hall–Kier alpha value is -2.09. The Kier molecular flexibility index (Phi) is 2.96. The molecule has 0 fully saturated rings. The maximum atomic E-state index is 13.1. The van der Waals surface area contributed by atoms with Gasteiger partial charge in [0.05, 0.1) is 6.20 Å². The number of benzene rings is 1. The number of anilines is 2. The van der Waals surface area contributed by atoms with E-state index >= 15 is 0 Å². The fourth-order valence-electron chi connectivity index (χ4n) is 1.12. The minimum absolute atomic E-state index is 0.164.